The van der Waals surface area contributed by atoms with Gasteiger partial charge < -0.3 is 10.1 Å². The van der Waals surface area contributed by atoms with Gasteiger partial charge in [0.1, 0.15) is 11.9 Å². The largest absolute Gasteiger partial charge is 0.489 e. The molecule has 0 bridgehead atoms. The summed E-state index contributed by atoms with van der Waals surface area (Å²) in [4.78, 5) is 0. The summed E-state index contributed by atoms with van der Waals surface area (Å²) in [5.74, 6) is 1.72. The molecule has 1 aliphatic carbocycles. The minimum absolute atomic E-state index is 0.273. The zero-order chi connectivity index (χ0) is 13.0. The van der Waals surface area contributed by atoms with Gasteiger partial charge >= 0.3 is 0 Å². The Bertz CT molecular complexity index is 365. The van der Waals surface area contributed by atoms with Gasteiger partial charge in [0, 0.05) is 11.1 Å². The van der Waals surface area contributed by atoms with Crippen molar-refractivity contribution in [2.75, 3.05) is 7.05 Å². The summed E-state index contributed by atoms with van der Waals surface area (Å²) in [5, 5.41) is 4.13. The average Bonchev–Trinajstić information content (AvgIpc) is 2.41. The van der Waals surface area contributed by atoms with Crippen LogP contribution in [0.5, 0.6) is 5.75 Å². The molecule has 0 aromatic heterocycles. The van der Waals surface area contributed by atoms with E-state index < -0.39 is 0 Å². The van der Waals surface area contributed by atoms with Crippen molar-refractivity contribution in [3.05, 3.63) is 29.3 Å². The standard InChI is InChI=1S/C15H22ClNO/c1-3-11-4-9-14(17-2)15(10-11)18-13-7-5-12(16)6-8-13/h5-8,11,14-15,17H,3-4,9-10H2,1-2H3. The van der Waals surface area contributed by atoms with E-state index in [4.69, 9.17) is 16.3 Å². The van der Waals surface area contributed by atoms with Crippen molar-refractivity contribution in [2.45, 2.75) is 44.8 Å². The molecule has 18 heavy (non-hydrogen) atoms. The first kappa shape index (κ1) is 13.7. The summed E-state index contributed by atoms with van der Waals surface area (Å²) in [6.07, 6.45) is 5.17. The molecule has 1 aliphatic rings. The lowest BCUT2D eigenvalue weighted by Gasteiger charge is -2.35. The molecule has 0 radical (unpaired) electrons. The maximum absolute atomic E-state index is 6.12. The number of hydrogen-bond acceptors (Lipinski definition) is 2. The molecule has 1 fully saturated rings. The van der Waals surface area contributed by atoms with E-state index in [0.29, 0.717) is 6.04 Å². The zero-order valence-electron chi connectivity index (χ0n) is 11.2. The topological polar surface area (TPSA) is 21.3 Å². The second-order valence-corrected chi connectivity index (χ2v) is 5.53. The van der Waals surface area contributed by atoms with Crippen LogP contribution in [0.25, 0.3) is 0 Å². The molecule has 1 saturated carbocycles. The predicted molar refractivity (Wildman–Crippen MR) is 76.3 cm³/mol. The summed E-state index contributed by atoms with van der Waals surface area (Å²) in [5.41, 5.74) is 0. The Morgan fingerprint density at radius 3 is 2.61 bits per heavy atom. The number of rotatable bonds is 4. The van der Waals surface area contributed by atoms with Gasteiger partial charge in [-0.15, -0.1) is 0 Å². The van der Waals surface area contributed by atoms with E-state index >= 15 is 0 Å². The van der Waals surface area contributed by atoms with Crippen LogP contribution in [0.4, 0.5) is 0 Å². The van der Waals surface area contributed by atoms with E-state index in [1.165, 1.54) is 19.3 Å². The van der Waals surface area contributed by atoms with Crippen LogP contribution in [0.2, 0.25) is 5.02 Å². The van der Waals surface area contributed by atoms with Crippen LogP contribution in [0.1, 0.15) is 32.6 Å². The maximum Gasteiger partial charge on any atom is 0.119 e. The van der Waals surface area contributed by atoms with Crippen LogP contribution < -0.4 is 10.1 Å². The summed E-state index contributed by atoms with van der Waals surface area (Å²) in [6.45, 7) is 2.27. The van der Waals surface area contributed by atoms with Crippen LogP contribution in [0, 0.1) is 5.92 Å². The molecule has 3 heteroatoms. The summed E-state index contributed by atoms with van der Waals surface area (Å²) < 4.78 is 6.12. The van der Waals surface area contributed by atoms with Crippen molar-refractivity contribution in [3.63, 3.8) is 0 Å². The lowest BCUT2D eigenvalue weighted by Crippen LogP contribution is -2.45. The highest BCUT2D eigenvalue weighted by atomic mass is 35.5. The van der Waals surface area contributed by atoms with Gasteiger partial charge in [0.15, 0.2) is 0 Å². The summed E-state index contributed by atoms with van der Waals surface area (Å²) in [6, 6.07) is 8.12. The Labute approximate surface area is 115 Å². The first-order valence-electron chi connectivity index (χ1n) is 6.82. The molecule has 0 spiro atoms. The second-order valence-electron chi connectivity index (χ2n) is 5.09. The van der Waals surface area contributed by atoms with Gasteiger partial charge in [0.05, 0.1) is 0 Å². The summed E-state index contributed by atoms with van der Waals surface area (Å²) in [7, 11) is 2.02. The lowest BCUT2D eigenvalue weighted by atomic mass is 9.82. The SMILES string of the molecule is CCC1CCC(NC)C(Oc2ccc(Cl)cc2)C1. The highest BCUT2D eigenvalue weighted by Crippen LogP contribution is 2.30. The number of benzene rings is 1. The quantitative estimate of drug-likeness (QED) is 0.894. The van der Waals surface area contributed by atoms with Gasteiger partial charge in [0.2, 0.25) is 0 Å². The van der Waals surface area contributed by atoms with Crippen molar-refractivity contribution in [1.29, 1.82) is 0 Å². The Balaban J connectivity index is 2.02. The van der Waals surface area contributed by atoms with Crippen LogP contribution in [-0.2, 0) is 0 Å². The highest BCUT2D eigenvalue weighted by Gasteiger charge is 2.30. The fourth-order valence-corrected chi connectivity index (χ4v) is 2.86. The first-order chi connectivity index (χ1) is 8.72. The van der Waals surface area contributed by atoms with E-state index in [9.17, 15) is 0 Å². The third-order valence-corrected chi connectivity index (χ3v) is 4.20. The molecule has 100 valence electrons. The van der Waals surface area contributed by atoms with E-state index in [-0.39, 0.29) is 6.10 Å². The highest BCUT2D eigenvalue weighted by molar-refractivity contribution is 6.30. The van der Waals surface area contributed by atoms with Gasteiger partial charge in [-0.3, -0.25) is 0 Å². The minimum Gasteiger partial charge on any atom is -0.489 e. The first-order valence-corrected chi connectivity index (χ1v) is 7.20. The number of ether oxygens (including phenoxy) is 1. The van der Waals surface area contributed by atoms with E-state index in [2.05, 4.69) is 12.2 Å². The predicted octanol–water partition coefficient (Wildman–Crippen LogP) is 3.89. The van der Waals surface area contributed by atoms with Crippen LogP contribution >= 0.6 is 11.6 Å². The molecule has 3 atom stereocenters. The molecule has 3 unspecified atom stereocenters. The number of likely N-dealkylation sites (N-methyl/N-ethyl adjacent to an activating group) is 1. The van der Waals surface area contributed by atoms with E-state index in [1.807, 2.05) is 31.3 Å². The van der Waals surface area contributed by atoms with Crippen LogP contribution in [0.3, 0.4) is 0 Å². The average molecular weight is 268 g/mol. The normalized spacial score (nSPS) is 28.1. The Hall–Kier alpha value is -0.730. The fraction of sp³-hybridized carbons (Fsp3) is 0.600. The Morgan fingerprint density at radius 1 is 1.28 bits per heavy atom. The molecule has 0 aliphatic heterocycles. The van der Waals surface area contributed by atoms with Crippen LogP contribution in [0.15, 0.2) is 24.3 Å². The molecule has 0 saturated heterocycles. The second kappa shape index (κ2) is 6.44. The van der Waals surface area contributed by atoms with Crippen LogP contribution in [-0.4, -0.2) is 19.2 Å². The molecule has 2 rings (SSSR count). The Kier molecular flexibility index (Phi) is 4.90. The molecule has 1 aromatic carbocycles. The summed E-state index contributed by atoms with van der Waals surface area (Å²) >= 11 is 5.89. The van der Waals surface area contributed by atoms with E-state index in [1.54, 1.807) is 0 Å². The van der Waals surface area contributed by atoms with Crippen molar-refractivity contribution in [3.8, 4) is 5.75 Å². The van der Waals surface area contributed by atoms with Crippen molar-refractivity contribution in [2.24, 2.45) is 5.92 Å². The number of hydrogen-bond donors (Lipinski definition) is 1. The minimum atomic E-state index is 0.273. The molecule has 0 heterocycles. The van der Waals surface area contributed by atoms with Gasteiger partial charge in [-0.1, -0.05) is 24.9 Å². The molecular formula is C15H22ClNO. The number of halogens is 1. The molecule has 1 aromatic rings. The molecule has 0 amide bonds. The van der Waals surface area contributed by atoms with Crippen molar-refractivity contribution < 1.29 is 4.74 Å². The molecule has 2 nitrogen and oxygen atoms in total. The van der Waals surface area contributed by atoms with Crippen molar-refractivity contribution in [1.82, 2.24) is 5.32 Å². The van der Waals surface area contributed by atoms with Gasteiger partial charge in [-0.2, -0.15) is 0 Å². The zero-order valence-corrected chi connectivity index (χ0v) is 11.9. The number of nitrogens with one attached hydrogen (secondary N) is 1. The third kappa shape index (κ3) is 3.39. The van der Waals surface area contributed by atoms with Crippen molar-refractivity contribution >= 4 is 11.6 Å². The van der Waals surface area contributed by atoms with Gasteiger partial charge in [0.25, 0.3) is 0 Å². The maximum atomic E-state index is 6.12. The smallest absolute Gasteiger partial charge is 0.119 e. The Morgan fingerprint density at radius 2 is 2.00 bits per heavy atom. The third-order valence-electron chi connectivity index (χ3n) is 3.95. The molecule has 1 N–H and O–H groups in total. The van der Waals surface area contributed by atoms with Gasteiger partial charge in [-0.05, 0) is 56.5 Å². The lowest BCUT2D eigenvalue weighted by molar-refractivity contribution is 0.0883. The fourth-order valence-electron chi connectivity index (χ4n) is 2.73. The molecular weight excluding hydrogens is 246 g/mol. The van der Waals surface area contributed by atoms with Gasteiger partial charge in [-0.25, -0.2) is 0 Å². The monoisotopic (exact) mass is 267 g/mol. The van der Waals surface area contributed by atoms with E-state index in [0.717, 1.165) is 23.1 Å².